The fourth-order valence-corrected chi connectivity index (χ4v) is 3.98. The van der Waals surface area contributed by atoms with Crippen LogP contribution in [-0.2, 0) is 11.3 Å². The first-order valence-electron chi connectivity index (χ1n) is 11.6. The van der Waals surface area contributed by atoms with E-state index in [1.807, 2.05) is 43.0 Å². The highest BCUT2D eigenvalue weighted by molar-refractivity contribution is 6.06. The molecule has 1 aliphatic rings. The summed E-state index contributed by atoms with van der Waals surface area (Å²) in [7, 11) is 0. The van der Waals surface area contributed by atoms with Gasteiger partial charge in [0, 0.05) is 35.4 Å². The van der Waals surface area contributed by atoms with Crippen molar-refractivity contribution in [1.29, 1.82) is 0 Å². The number of urea groups is 1. The van der Waals surface area contributed by atoms with Crippen molar-refractivity contribution >= 4 is 34.3 Å². The fraction of sp³-hybridized carbons (Fsp3) is 0.385. The van der Waals surface area contributed by atoms with E-state index in [4.69, 9.17) is 9.15 Å². The van der Waals surface area contributed by atoms with Crippen LogP contribution in [0, 0.1) is 0 Å². The first kappa shape index (κ1) is 22.9. The predicted molar refractivity (Wildman–Crippen MR) is 130 cm³/mol. The van der Waals surface area contributed by atoms with E-state index in [9.17, 15) is 9.59 Å². The van der Waals surface area contributed by atoms with E-state index in [-0.39, 0.29) is 23.8 Å². The Bertz CT molecular complexity index is 1100. The Kier molecular flexibility index (Phi) is 7.29. The molecule has 0 radical (unpaired) electrons. The molecule has 1 aliphatic heterocycles. The predicted octanol–water partition coefficient (Wildman–Crippen LogP) is 6.02. The van der Waals surface area contributed by atoms with Crippen molar-refractivity contribution in [3.8, 4) is 0 Å². The summed E-state index contributed by atoms with van der Waals surface area (Å²) in [5.74, 6) is -0.0923. The number of hydrogen-bond acceptors (Lipinski definition) is 4. The minimum absolute atomic E-state index is 0.0339. The summed E-state index contributed by atoms with van der Waals surface area (Å²) in [6.07, 6.45) is 4.48. The van der Waals surface area contributed by atoms with Gasteiger partial charge < -0.3 is 24.7 Å². The molecule has 0 saturated carbocycles. The van der Waals surface area contributed by atoms with Crippen molar-refractivity contribution in [2.45, 2.75) is 52.2 Å². The topological polar surface area (TPSA) is 83.8 Å². The zero-order valence-corrected chi connectivity index (χ0v) is 19.2. The van der Waals surface area contributed by atoms with Gasteiger partial charge in [-0.1, -0.05) is 31.0 Å². The number of fused-ring (bicyclic) bond motifs is 1. The van der Waals surface area contributed by atoms with Gasteiger partial charge in [0.05, 0.1) is 12.7 Å². The first-order valence-corrected chi connectivity index (χ1v) is 11.6. The zero-order chi connectivity index (χ0) is 23.2. The van der Waals surface area contributed by atoms with Gasteiger partial charge in [0.1, 0.15) is 5.58 Å². The van der Waals surface area contributed by atoms with Gasteiger partial charge in [-0.05, 0) is 57.0 Å². The molecule has 174 valence electrons. The van der Waals surface area contributed by atoms with Gasteiger partial charge in [0.2, 0.25) is 0 Å². The summed E-state index contributed by atoms with van der Waals surface area (Å²) in [6, 6.07) is 14.6. The molecule has 2 heterocycles. The summed E-state index contributed by atoms with van der Waals surface area (Å²) in [6.45, 7) is 5.78. The normalized spacial score (nSPS) is 14.3. The molecule has 1 aromatic heterocycles. The third-order valence-corrected chi connectivity index (χ3v) is 5.75. The SMILES string of the molecule is CC(C)OCc1c(C(=O)Nc2ccc(NC(=O)N3CCCCCC3)cc2)oc2ccccc12. The number of anilines is 2. The summed E-state index contributed by atoms with van der Waals surface area (Å²) >= 11 is 0. The molecule has 1 saturated heterocycles. The number of hydrogen-bond donors (Lipinski definition) is 2. The Morgan fingerprint density at radius 1 is 0.939 bits per heavy atom. The Morgan fingerprint density at radius 3 is 2.24 bits per heavy atom. The number of carbonyl (C=O) groups excluding carboxylic acids is 2. The van der Waals surface area contributed by atoms with E-state index in [2.05, 4.69) is 10.6 Å². The average molecular weight is 450 g/mol. The first-order chi connectivity index (χ1) is 16.0. The number of para-hydroxylation sites is 1. The van der Waals surface area contributed by atoms with Crippen LogP contribution in [0.3, 0.4) is 0 Å². The number of carbonyl (C=O) groups is 2. The van der Waals surface area contributed by atoms with Crippen LogP contribution < -0.4 is 10.6 Å². The third-order valence-electron chi connectivity index (χ3n) is 5.75. The standard InChI is InChI=1S/C26H31N3O4/c1-18(2)32-17-22-21-9-5-6-10-23(21)33-24(22)25(30)27-19-11-13-20(14-12-19)28-26(31)29-15-7-3-4-8-16-29/h5-6,9-14,18H,3-4,7-8,15-17H2,1-2H3,(H,27,30)(H,28,31). The number of nitrogens with zero attached hydrogens (tertiary/aromatic N) is 1. The second-order valence-electron chi connectivity index (χ2n) is 8.63. The Morgan fingerprint density at radius 2 is 1.58 bits per heavy atom. The third kappa shape index (κ3) is 5.73. The van der Waals surface area contributed by atoms with E-state index in [0.717, 1.165) is 36.9 Å². The van der Waals surface area contributed by atoms with E-state index >= 15 is 0 Å². The van der Waals surface area contributed by atoms with Crippen LogP contribution in [0.4, 0.5) is 16.2 Å². The summed E-state index contributed by atoms with van der Waals surface area (Å²) in [5, 5.41) is 6.70. The average Bonchev–Trinajstić information content (AvgIpc) is 2.96. The monoisotopic (exact) mass is 449 g/mol. The molecule has 0 unspecified atom stereocenters. The van der Waals surface area contributed by atoms with Crippen LogP contribution in [-0.4, -0.2) is 36.0 Å². The van der Waals surface area contributed by atoms with E-state index in [1.54, 1.807) is 24.3 Å². The molecule has 7 nitrogen and oxygen atoms in total. The molecule has 0 atom stereocenters. The minimum atomic E-state index is -0.338. The molecular weight excluding hydrogens is 418 g/mol. The smallest absolute Gasteiger partial charge is 0.321 e. The summed E-state index contributed by atoms with van der Waals surface area (Å²) in [4.78, 5) is 27.4. The molecule has 33 heavy (non-hydrogen) atoms. The number of furan rings is 1. The van der Waals surface area contributed by atoms with Crippen LogP contribution in [0.1, 0.15) is 55.6 Å². The highest BCUT2D eigenvalue weighted by Gasteiger charge is 2.21. The van der Waals surface area contributed by atoms with Crippen LogP contribution in [0.15, 0.2) is 52.9 Å². The zero-order valence-electron chi connectivity index (χ0n) is 19.2. The number of ether oxygens (including phenoxy) is 1. The van der Waals surface area contributed by atoms with Crippen LogP contribution in [0.2, 0.25) is 0 Å². The number of benzene rings is 2. The maximum Gasteiger partial charge on any atom is 0.321 e. The Hall–Kier alpha value is -3.32. The molecule has 7 heteroatoms. The molecule has 4 rings (SSSR count). The molecule has 0 bridgehead atoms. The van der Waals surface area contributed by atoms with Gasteiger partial charge in [-0.15, -0.1) is 0 Å². The lowest BCUT2D eigenvalue weighted by atomic mass is 10.1. The molecule has 2 aromatic carbocycles. The fourth-order valence-electron chi connectivity index (χ4n) is 3.98. The van der Waals surface area contributed by atoms with Gasteiger partial charge >= 0.3 is 6.03 Å². The Labute approximate surface area is 194 Å². The summed E-state index contributed by atoms with van der Waals surface area (Å²) in [5.41, 5.74) is 2.69. The number of nitrogens with one attached hydrogen (secondary N) is 2. The lowest BCUT2D eigenvalue weighted by Gasteiger charge is -2.20. The van der Waals surface area contributed by atoms with Crippen molar-refractivity contribution in [3.05, 3.63) is 59.9 Å². The molecular formula is C26H31N3O4. The number of amides is 3. The largest absolute Gasteiger partial charge is 0.451 e. The molecule has 2 N–H and O–H groups in total. The highest BCUT2D eigenvalue weighted by Crippen LogP contribution is 2.28. The molecule has 0 aliphatic carbocycles. The van der Waals surface area contributed by atoms with Crippen molar-refractivity contribution in [3.63, 3.8) is 0 Å². The van der Waals surface area contributed by atoms with Crippen molar-refractivity contribution in [2.75, 3.05) is 23.7 Å². The highest BCUT2D eigenvalue weighted by atomic mass is 16.5. The van der Waals surface area contributed by atoms with Gasteiger partial charge in [-0.25, -0.2) is 4.79 Å². The van der Waals surface area contributed by atoms with E-state index in [0.29, 0.717) is 23.6 Å². The van der Waals surface area contributed by atoms with Crippen molar-refractivity contribution < 1.29 is 18.7 Å². The van der Waals surface area contributed by atoms with Crippen LogP contribution >= 0.6 is 0 Å². The van der Waals surface area contributed by atoms with Gasteiger partial charge in [-0.2, -0.15) is 0 Å². The molecule has 0 spiro atoms. The number of rotatable bonds is 6. The van der Waals surface area contributed by atoms with Crippen molar-refractivity contribution in [1.82, 2.24) is 4.90 Å². The maximum absolute atomic E-state index is 13.0. The van der Waals surface area contributed by atoms with E-state index < -0.39 is 0 Å². The van der Waals surface area contributed by atoms with Crippen LogP contribution in [0.25, 0.3) is 11.0 Å². The maximum atomic E-state index is 13.0. The Balaban J connectivity index is 1.44. The molecule has 1 fully saturated rings. The summed E-state index contributed by atoms with van der Waals surface area (Å²) < 4.78 is 11.6. The second kappa shape index (κ2) is 10.5. The second-order valence-corrected chi connectivity index (χ2v) is 8.63. The molecule has 3 aromatic rings. The quantitative estimate of drug-likeness (QED) is 0.482. The van der Waals surface area contributed by atoms with Crippen LogP contribution in [0.5, 0.6) is 0 Å². The van der Waals surface area contributed by atoms with Gasteiger partial charge in [-0.3, -0.25) is 4.79 Å². The van der Waals surface area contributed by atoms with Crippen molar-refractivity contribution in [2.24, 2.45) is 0 Å². The van der Waals surface area contributed by atoms with E-state index in [1.165, 1.54) is 12.8 Å². The minimum Gasteiger partial charge on any atom is -0.451 e. The lowest BCUT2D eigenvalue weighted by Crippen LogP contribution is -2.35. The lowest BCUT2D eigenvalue weighted by molar-refractivity contribution is 0.0648. The van der Waals surface area contributed by atoms with Gasteiger partial charge in [0.25, 0.3) is 5.91 Å². The number of likely N-dealkylation sites (tertiary alicyclic amines) is 1. The molecule has 3 amide bonds. The van der Waals surface area contributed by atoms with Gasteiger partial charge in [0.15, 0.2) is 5.76 Å².